The number of aliphatic hydroxyl groups is 1. The van der Waals surface area contributed by atoms with Crippen molar-refractivity contribution in [3.05, 3.63) is 22.8 Å². The first kappa shape index (κ1) is 12.7. The molecule has 1 rings (SSSR count). The van der Waals surface area contributed by atoms with Crippen molar-refractivity contribution in [1.29, 1.82) is 0 Å². The van der Waals surface area contributed by atoms with E-state index in [1.54, 1.807) is 6.07 Å². The first-order valence-electron chi connectivity index (χ1n) is 4.53. The highest BCUT2D eigenvalue weighted by molar-refractivity contribution is 6.29. The Bertz CT molecular complexity index is 383. The number of carbonyl (C=O) groups excluding carboxylic acids is 1. The first-order chi connectivity index (χ1) is 7.58. The van der Waals surface area contributed by atoms with Crippen LogP contribution in [-0.2, 0) is 9.53 Å². The van der Waals surface area contributed by atoms with Gasteiger partial charge in [-0.25, -0.2) is 4.98 Å². The predicted molar refractivity (Wildman–Crippen MR) is 57.4 cm³/mol. The van der Waals surface area contributed by atoms with Gasteiger partial charge in [0.15, 0.2) is 0 Å². The molecule has 1 heterocycles. The Hall–Kier alpha value is -1.33. The van der Waals surface area contributed by atoms with Crippen molar-refractivity contribution >= 4 is 17.6 Å². The zero-order valence-electron chi connectivity index (χ0n) is 8.94. The van der Waals surface area contributed by atoms with Crippen LogP contribution in [0.5, 0.6) is 5.88 Å². The number of ether oxygens (including phenoxy) is 2. The predicted octanol–water partition coefficient (Wildman–Crippen LogP) is 1.34. The summed E-state index contributed by atoms with van der Waals surface area (Å²) in [6, 6.07) is 3.07. The van der Waals surface area contributed by atoms with Crippen LogP contribution in [0.4, 0.5) is 0 Å². The van der Waals surface area contributed by atoms with E-state index in [-0.39, 0.29) is 17.5 Å². The first-order valence-corrected chi connectivity index (χ1v) is 4.91. The van der Waals surface area contributed by atoms with Crippen molar-refractivity contribution in [2.45, 2.75) is 12.5 Å². The molecule has 0 saturated carbocycles. The Morgan fingerprint density at radius 2 is 2.25 bits per heavy atom. The zero-order chi connectivity index (χ0) is 12.1. The molecule has 1 N–H and O–H groups in total. The van der Waals surface area contributed by atoms with E-state index in [4.69, 9.17) is 16.3 Å². The minimum Gasteiger partial charge on any atom is -0.481 e. The minimum absolute atomic E-state index is 0.157. The number of aliphatic hydroxyl groups excluding tert-OH is 1. The third-order valence-electron chi connectivity index (χ3n) is 2.00. The van der Waals surface area contributed by atoms with Gasteiger partial charge in [-0.1, -0.05) is 11.6 Å². The summed E-state index contributed by atoms with van der Waals surface area (Å²) in [6.45, 7) is 0. The van der Waals surface area contributed by atoms with Crippen LogP contribution < -0.4 is 4.74 Å². The van der Waals surface area contributed by atoms with Crippen molar-refractivity contribution in [3.63, 3.8) is 0 Å². The Balaban J connectivity index is 2.90. The number of methoxy groups -OCH3 is 2. The third-order valence-corrected chi connectivity index (χ3v) is 2.21. The summed E-state index contributed by atoms with van der Waals surface area (Å²) in [6.07, 6.45) is -1.18. The van der Waals surface area contributed by atoms with E-state index in [0.717, 1.165) is 0 Å². The van der Waals surface area contributed by atoms with Gasteiger partial charge in [0.2, 0.25) is 5.88 Å². The van der Waals surface area contributed by atoms with Crippen LogP contribution in [0.1, 0.15) is 18.1 Å². The number of pyridine rings is 1. The van der Waals surface area contributed by atoms with Gasteiger partial charge in [-0.05, 0) is 12.1 Å². The van der Waals surface area contributed by atoms with Gasteiger partial charge in [-0.3, -0.25) is 4.79 Å². The van der Waals surface area contributed by atoms with Gasteiger partial charge in [-0.15, -0.1) is 0 Å². The average molecular weight is 246 g/mol. The molecule has 0 aliphatic heterocycles. The second-order valence-corrected chi connectivity index (χ2v) is 3.42. The van der Waals surface area contributed by atoms with E-state index in [2.05, 4.69) is 9.72 Å². The van der Waals surface area contributed by atoms with Crippen LogP contribution in [0.3, 0.4) is 0 Å². The highest BCUT2D eigenvalue weighted by Crippen LogP contribution is 2.27. The number of nitrogens with zero attached hydrogens (tertiary/aromatic N) is 1. The molecule has 0 aromatic carbocycles. The molecular formula is C10H12ClNO4. The molecule has 16 heavy (non-hydrogen) atoms. The van der Waals surface area contributed by atoms with Crippen LogP contribution in [0, 0.1) is 0 Å². The molecule has 1 aromatic rings. The van der Waals surface area contributed by atoms with Crippen LogP contribution in [0.15, 0.2) is 12.1 Å². The van der Waals surface area contributed by atoms with E-state index < -0.39 is 12.1 Å². The lowest BCUT2D eigenvalue weighted by atomic mass is 10.1. The molecule has 0 aliphatic carbocycles. The number of rotatable bonds is 4. The lowest BCUT2D eigenvalue weighted by Crippen LogP contribution is -2.09. The molecule has 0 bridgehead atoms. The van der Waals surface area contributed by atoms with Crippen molar-refractivity contribution < 1.29 is 19.4 Å². The Morgan fingerprint density at radius 1 is 1.56 bits per heavy atom. The second kappa shape index (κ2) is 5.67. The SMILES string of the molecule is COC(=O)C[C@@H](O)c1ccc(Cl)nc1OC. The molecule has 88 valence electrons. The van der Waals surface area contributed by atoms with Gasteiger partial charge < -0.3 is 14.6 Å². The lowest BCUT2D eigenvalue weighted by Gasteiger charge is -2.12. The number of hydrogen-bond donors (Lipinski definition) is 1. The van der Waals surface area contributed by atoms with Crippen LogP contribution >= 0.6 is 11.6 Å². The van der Waals surface area contributed by atoms with Gasteiger partial charge in [0.1, 0.15) is 5.15 Å². The van der Waals surface area contributed by atoms with E-state index in [1.807, 2.05) is 0 Å². The topological polar surface area (TPSA) is 68.7 Å². The lowest BCUT2D eigenvalue weighted by molar-refractivity contribution is -0.142. The molecule has 6 heteroatoms. The standard InChI is InChI=1S/C10H12ClNO4/c1-15-9(14)5-7(13)6-3-4-8(11)12-10(6)16-2/h3-4,7,13H,5H2,1-2H3/t7-/m1/s1. The highest BCUT2D eigenvalue weighted by Gasteiger charge is 2.18. The van der Waals surface area contributed by atoms with Gasteiger partial charge in [0.25, 0.3) is 0 Å². The summed E-state index contributed by atoms with van der Waals surface area (Å²) in [7, 11) is 2.67. The van der Waals surface area contributed by atoms with E-state index in [0.29, 0.717) is 5.56 Å². The summed E-state index contributed by atoms with van der Waals surface area (Å²) in [5, 5.41) is 10.0. The number of hydrogen-bond acceptors (Lipinski definition) is 5. The van der Waals surface area contributed by atoms with Crippen LogP contribution in [0.2, 0.25) is 5.15 Å². The molecule has 0 unspecified atom stereocenters. The summed E-state index contributed by atoms with van der Waals surface area (Å²) >= 11 is 5.67. The molecule has 5 nitrogen and oxygen atoms in total. The Morgan fingerprint density at radius 3 is 2.81 bits per heavy atom. The summed E-state index contributed by atoms with van der Waals surface area (Å²) in [5.41, 5.74) is 0.400. The molecule has 1 atom stereocenters. The monoisotopic (exact) mass is 245 g/mol. The molecule has 0 amide bonds. The summed E-state index contributed by atoms with van der Waals surface area (Å²) in [5.74, 6) is -0.312. The third kappa shape index (κ3) is 3.08. The smallest absolute Gasteiger partial charge is 0.308 e. The minimum atomic E-state index is -1.02. The number of aromatic nitrogens is 1. The normalized spacial score (nSPS) is 12.0. The van der Waals surface area contributed by atoms with E-state index >= 15 is 0 Å². The fourth-order valence-electron chi connectivity index (χ4n) is 1.20. The second-order valence-electron chi connectivity index (χ2n) is 3.03. The molecule has 0 radical (unpaired) electrons. The maximum Gasteiger partial charge on any atom is 0.308 e. The number of carbonyl (C=O) groups is 1. The average Bonchev–Trinajstić information content (AvgIpc) is 2.28. The van der Waals surface area contributed by atoms with E-state index in [9.17, 15) is 9.90 Å². The summed E-state index contributed by atoms with van der Waals surface area (Å²) < 4.78 is 9.41. The fraction of sp³-hybridized carbons (Fsp3) is 0.400. The van der Waals surface area contributed by atoms with Crippen LogP contribution in [0.25, 0.3) is 0 Å². The fourth-order valence-corrected chi connectivity index (χ4v) is 1.34. The molecule has 0 aliphatic rings. The van der Waals surface area contributed by atoms with E-state index in [1.165, 1.54) is 20.3 Å². The molecular weight excluding hydrogens is 234 g/mol. The van der Waals surface area contributed by atoms with Crippen molar-refractivity contribution in [2.75, 3.05) is 14.2 Å². The molecule has 0 spiro atoms. The maximum atomic E-state index is 11.0. The van der Waals surface area contributed by atoms with Gasteiger partial charge in [0.05, 0.1) is 26.7 Å². The zero-order valence-corrected chi connectivity index (χ0v) is 9.69. The van der Waals surface area contributed by atoms with Crippen LogP contribution in [-0.4, -0.2) is 30.3 Å². The summed E-state index contributed by atoms with van der Waals surface area (Å²) in [4.78, 5) is 14.9. The highest BCUT2D eigenvalue weighted by atomic mass is 35.5. The van der Waals surface area contributed by atoms with Gasteiger partial charge in [0, 0.05) is 5.56 Å². The Kier molecular flexibility index (Phi) is 4.52. The molecule has 0 saturated heterocycles. The number of esters is 1. The van der Waals surface area contributed by atoms with Gasteiger partial charge in [-0.2, -0.15) is 0 Å². The van der Waals surface area contributed by atoms with Crippen molar-refractivity contribution in [3.8, 4) is 5.88 Å². The molecule has 1 aromatic heterocycles. The quantitative estimate of drug-likeness (QED) is 0.640. The van der Waals surface area contributed by atoms with Crippen molar-refractivity contribution in [1.82, 2.24) is 4.98 Å². The van der Waals surface area contributed by atoms with Crippen molar-refractivity contribution in [2.24, 2.45) is 0 Å². The van der Waals surface area contributed by atoms with Gasteiger partial charge >= 0.3 is 5.97 Å². The number of halogens is 1. The Labute approximate surface area is 98.0 Å². The maximum absolute atomic E-state index is 11.0. The largest absolute Gasteiger partial charge is 0.481 e. The molecule has 0 fully saturated rings.